The summed E-state index contributed by atoms with van der Waals surface area (Å²) < 4.78 is 41.8. The summed E-state index contributed by atoms with van der Waals surface area (Å²) in [5.74, 6) is -0.345. The number of sulfonamides is 1. The van der Waals surface area contributed by atoms with E-state index in [9.17, 15) is 13.2 Å². The highest BCUT2D eigenvalue weighted by Crippen LogP contribution is 2.30. The van der Waals surface area contributed by atoms with Crippen molar-refractivity contribution in [2.24, 2.45) is 0 Å². The van der Waals surface area contributed by atoms with Gasteiger partial charge < -0.3 is 14.5 Å². The third-order valence-corrected chi connectivity index (χ3v) is 7.52. The van der Waals surface area contributed by atoms with E-state index in [-0.39, 0.29) is 29.4 Å². The van der Waals surface area contributed by atoms with E-state index in [0.717, 1.165) is 0 Å². The topological polar surface area (TPSA) is 167 Å². The van der Waals surface area contributed by atoms with Crippen LogP contribution in [0.2, 0.25) is 5.02 Å². The fraction of sp³-hybridized carbons (Fsp3) is 0.524. The van der Waals surface area contributed by atoms with Gasteiger partial charge in [-0.1, -0.05) is 25.4 Å². The smallest absolute Gasteiger partial charge is 0.279 e. The van der Waals surface area contributed by atoms with E-state index in [1.807, 2.05) is 20.8 Å². The maximum Gasteiger partial charge on any atom is 0.279 e. The standard InChI is InChI=1S/C21H29ClN8O5S/c1-7-15(35-11(2)3)18-27-28-21(30(18)16-19(31)25-10-26-20(16)34-6)29-36(32,33)13(5)12(4)17-23-8-14(22)9-24-17/h8-13,15H,7H2,1-6H3,(H,28,29)(H,25,26,31)/t12-,13-,15+/m0/s1. The second-order valence-corrected chi connectivity index (χ2v) is 10.8. The number of anilines is 1. The molecule has 0 saturated heterocycles. The summed E-state index contributed by atoms with van der Waals surface area (Å²) in [6.07, 6.45) is 3.68. The molecule has 0 fully saturated rings. The van der Waals surface area contributed by atoms with Crippen LogP contribution in [0, 0.1) is 0 Å². The fourth-order valence-corrected chi connectivity index (χ4v) is 4.77. The average Bonchev–Trinajstić information content (AvgIpc) is 3.23. The lowest BCUT2D eigenvalue weighted by atomic mass is 10.1. The minimum Gasteiger partial charge on any atom is -0.479 e. The minimum atomic E-state index is -4.08. The Hall–Kier alpha value is -3.10. The van der Waals surface area contributed by atoms with Gasteiger partial charge >= 0.3 is 0 Å². The van der Waals surface area contributed by atoms with Crippen LogP contribution in [0.1, 0.15) is 64.7 Å². The summed E-state index contributed by atoms with van der Waals surface area (Å²) in [5.41, 5.74) is -0.677. The third kappa shape index (κ3) is 5.82. The number of H-pyrrole nitrogens is 1. The van der Waals surface area contributed by atoms with E-state index < -0.39 is 32.9 Å². The van der Waals surface area contributed by atoms with Crippen molar-refractivity contribution >= 4 is 27.6 Å². The molecule has 3 atom stereocenters. The van der Waals surface area contributed by atoms with Gasteiger partial charge in [0, 0.05) is 18.3 Å². The summed E-state index contributed by atoms with van der Waals surface area (Å²) in [7, 11) is -2.73. The summed E-state index contributed by atoms with van der Waals surface area (Å²) in [4.78, 5) is 27.6. The average molecular weight is 541 g/mol. The molecule has 0 saturated carbocycles. The van der Waals surface area contributed by atoms with Crippen LogP contribution in [-0.2, 0) is 14.8 Å². The largest absolute Gasteiger partial charge is 0.479 e. The van der Waals surface area contributed by atoms with E-state index in [0.29, 0.717) is 17.3 Å². The number of hydrogen-bond acceptors (Lipinski definition) is 10. The number of aromatic nitrogens is 7. The first kappa shape index (κ1) is 27.5. The highest BCUT2D eigenvalue weighted by atomic mass is 35.5. The summed E-state index contributed by atoms with van der Waals surface area (Å²) in [6, 6.07) is 0. The van der Waals surface area contributed by atoms with Crippen LogP contribution < -0.4 is 15.0 Å². The molecular formula is C21H29ClN8O5S. The molecule has 13 nitrogen and oxygen atoms in total. The second kappa shape index (κ2) is 11.3. The molecule has 0 aliphatic carbocycles. The lowest BCUT2D eigenvalue weighted by Crippen LogP contribution is -2.32. The monoisotopic (exact) mass is 540 g/mol. The van der Waals surface area contributed by atoms with Gasteiger partial charge in [0.2, 0.25) is 21.9 Å². The normalized spacial score (nSPS) is 14.4. The molecule has 196 valence electrons. The van der Waals surface area contributed by atoms with Gasteiger partial charge in [-0.05, 0) is 27.2 Å². The predicted molar refractivity (Wildman–Crippen MR) is 133 cm³/mol. The Morgan fingerprint density at radius 1 is 1.14 bits per heavy atom. The molecule has 0 spiro atoms. The highest BCUT2D eigenvalue weighted by Gasteiger charge is 2.33. The van der Waals surface area contributed by atoms with Gasteiger partial charge in [-0.25, -0.2) is 23.4 Å². The lowest BCUT2D eigenvalue weighted by molar-refractivity contribution is -0.00152. The van der Waals surface area contributed by atoms with Gasteiger partial charge in [-0.3, -0.25) is 14.1 Å². The molecule has 0 amide bonds. The Bertz CT molecular complexity index is 1340. The van der Waals surface area contributed by atoms with Gasteiger partial charge in [-0.15, -0.1) is 10.2 Å². The first-order valence-electron chi connectivity index (χ1n) is 11.2. The maximum absolute atomic E-state index is 13.4. The molecule has 3 rings (SSSR count). The van der Waals surface area contributed by atoms with Crippen molar-refractivity contribution in [2.75, 3.05) is 11.8 Å². The maximum atomic E-state index is 13.4. The Morgan fingerprint density at radius 3 is 2.39 bits per heavy atom. The first-order valence-corrected chi connectivity index (χ1v) is 13.1. The van der Waals surface area contributed by atoms with Crippen molar-refractivity contribution in [2.45, 2.75) is 64.4 Å². The van der Waals surface area contributed by atoms with Crippen LogP contribution in [0.4, 0.5) is 5.95 Å². The van der Waals surface area contributed by atoms with Crippen molar-refractivity contribution in [1.29, 1.82) is 0 Å². The third-order valence-electron chi connectivity index (χ3n) is 5.47. The van der Waals surface area contributed by atoms with E-state index in [2.05, 4.69) is 34.9 Å². The van der Waals surface area contributed by atoms with Crippen molar-refractivity contribution in [3.8, 4) is 11.6 Å². The molecule has 3 aromatic heterocycles. The molecule has 15 heteroatoms. The molecule has 0 aliphatic rings. The van der Waals surface area contributed by atoms with Crippen molar-refractivity contribution in [1.82, 2.24) is 34.7 Å². The van der Waals surface area contributed by atoms with Gasteiger partial charge in [0.1, 0.15) is 11.9 Å². The quantitative estimate of drug-likeness (QED) is 0.369. The molecule has 0 aromatic carbocycles. The van der Waals surface area contributed by atoms with Crippen LogP contribution in [0.25, 0.3) is 5.69 Å². The van der Waals surface area contributed by atoms with Crippen LogP contribution in [-0.4, -0.2) is 61.6 Å². The zero-order valence-corrected chi connectivity index (χ0v) is 22.3. The van der Waals surface area contributed by atoms with E-state index in [4.69, 9.17) is 21.1 Å². The van der Waals surface area contributed by atoms with Crippen molar-refractivity contribution in [3.05, 3.63) is 45.7 Å². The Morgan fingerprint density at radius 2 is 1.81 bits per heavy atom. The Kier molecular flexibility index (Phi) is 8.63. The molecule has 0 bridgehead atoms. The lowest BCUT2D eigenvalue weighted by Gasteiger charge is -2.22. The first-order chi connectivity index (χ1) is 17.0. The van der Waals surface area contributed by atoms with Gasteiger partial charge in [0.25, 0.3) is 5.56 Å². The Labute approximate surface area is 213 Å². The number of nitrogens with zero attached hydrogens (tertiary/aromatic N) is 6. The predicted octanol–water partition coefficient (Wildman–Crippen LogP) is 2.61. The number of halogens is 1. The number of hydrogen-bond donors (Lipinski definition) is 2. The SMILES string of the molecule is CC[C@@H](OC(C)C)c1nnc(NS(=O)(=O)[C@@H](C)[C@H](C)c2ncc(Cl)cn2)n1-c1c(OC)nc[nH]c1=O. The minimum absolute atomic E-state index is 0.0457. The molecule has 0 unspecified atom stereocenters. The molecule has 36 heavy (non-hydrogen) atoms. The van der Waals surface area contributed by atoms with Crippen molar-refractivity contribution in [3.63, 3.8) is 0 Å². The summed E-state index contributed by atoms with van der Waals surface area (Å²) in [6.45, 7) is 8.78. The summed E-state index contributed by atoms with van der Waals surface area (Å²) >= 11 is 5.85. The molecular weight excluding hydrogens is 512 g/mol. The number of ether oxygens (including phenoxy) is 2. The zero-order valence-electron chi connectivity index (χ0n) is 20.8. The zero-order chi connectivity index (χ0) is 26.6. The van der Waals surface area contributed by atoms with E-state index in [1.54, 1.807) is 6.92 Å². The molecule has 0 aliphatic heterocycles. The van der Waals surface area contributed by atoms with Gasteiger partial charge in [0.15, 0.2) is 11.5 Å². The fourth-order valence-electron chi connectivity index (χ4n) is 3.44. The molecule has 2 N–H and O–H groups in total. The van der Waals surface area contributed by atoms with E-state index >= 15 is 0 Å². The highest BCUT2D eigenvalue weighted by molar-refractivity contribution is 7.93. The van der Waals surface area contributed by atoms with E-state index in [1.165, 1.54) is 37.3 Å². The molecule has 3 heterocycles. The van der Waals surface area contributed by atoms with Crippen LogP contribution >= 0.6 is 11.6 Å². The number of rotatable bonds is 11. The van der Waals surface area contributed by atoms with Crippen molar-refractivity contribution < 1.29 is 17.9 Å². The van der Waals surface area contributed by atoms with Gasteiger partial charge in [0.05, 0.1) is 29.8 Å². The number of nitrogens with one attached hydrogen (secondary N) is 2. The number of aromatic amines is 1. The van der Waals surface area contributed by atoms with Crippen LogP contribution in [0.5, 0.6) is 5.88 Å². The summed E-state index contributed by atoms with van der Waals surface area (Å²) in [5, 5.41) is 7.58. The number of methoxy groups -OCH3 is 1. The van der Waals surface area contributed by atoms with Crippen LogP contribution in [0.3, 0.4) is 0 Å². The van der Waals surface area contributed by atoms with Gasteiger partial charge in [-0.2, -0.15) is 0 Å². The molecule has 0 radical (unpaired) electrons. The Balaban J connectivity index is 2.10. The van der Waals surface area contributed by atoms with Crippen LogP contribution in [0.15, 0.2) is 23.5 Å². The molecule has 3 aromatic rings. The second-order valence-electron chi connectivity index (χ2n) is 8.29.